The fourth-order valence-corrected chi connectivity index (χ4v) is 3.97. The smallest absolute Gasteiger partial charge is 0.269 e. The highest BCUT2D eigenvalue weighted by Gasteiger charge is 2.36. The SMILES string of the molecule is O=[N+]([O-])c1ccc(C=NC[C@H]2CCC[NH+]3CCCC[C@H]23)cc1. The molecular weight excluding hydrogens is 278 g/mol. The van der Waals surface area contributed by atoms with Crippen molar-refractivity contribution in [1.29, 1.82) is 0 Å². The number of nitro groups is 1. The second kappa shape index (κ2) is 7.01. The van der Waals surface area contributed by atoms with Crippen molar-refractivity contribution in [3.05, 3.63) is 39.9 Å². The van der Waals surface area contributed by atoms with E-state index in [1.165, 1.54) is 57.3 Å². The third kappa shape index (κ3) is 3.53. The fourth-order valence-electron chi connectivity index (χ4n) is 3.97. The summed E-state index contributed by atoms with van der Waals surface area (Å²) in [6.07, 6.45) is 8.59. The predicted octanol–water partition coefficient (Wildman–Crippen LogP) is 1.86. The number of hydrogen-bond donors (Lipinski definition) is 1. The van der Waals surface area contributed by atoms with Crippen LogP contribution in [0.1, 0.15) is 37.7 Å². The zero-order chi connectivity index (χ0) is 15.4. The van der Waals surface area contributed by atoms with Gasteiger partial charge in [-0.25, -0.2) is 0 Å². The molecule has 0 radical (unpaired) electrons. The number of benzene rings is 1. The van der Waals surface area contributed by atoms with Gasteiger partial charge in [-0.05, 0) is 49.8 Å². The normalized spacial score (nSPS) is 28.5. The Balaban J connectivity index is 1.57. The minimum Gasteiger partial charge on any atom is -0.332 e. The first-order chi connectivity index (χ1) is 10.7. The van der Waals surface area contributed by atoms with Crippen LogP contribution in [0.5, 0.6) is 0 Å². The Morgan fingerprint density at radius 3 is 2.73 bits per heavy atom. The molecule has 2 saturated heterocycles. The van der Waals surface area contributed by atoms with Crippen molar-refractivity contribution in [2.75, 3.05) is 19.6 Å². The van der Waals surface area contributed by atoms with Gasteiger partial charge >= 0.3 is 0 Å². The number of fused-ring (bicyclic) bond motifs is 1. The Hall–Kier alpha value is -1.75. The van der Waals surface area contributed by atoms with Gasteiger partial charge in [0.1, 0.15) is 0 Å². The summed E-state index contributed by atoms with van der Waals surface area (Å²) in [5.41, 5.74) is 1.07. The molecule has 2 aliphatic rings. The van der Waals surface area contributed by atoms with Crippen molar-refractivity contribution in [3.63, 3.8) is 0 Å². The van der Waals surface area contributed by atoms with E-state index in [4.69, 9.17) is 0 Å². The van der Waals surface area contributed by atoms with Crippen LogP contribution in [0.4, 0.5) is 5.69 Å². The van der Waals surface area contributed by atoms with Crippen LogP contribution in [-0.2, 0) is 0 Å². The van der Waals surface area contributed by atoms with Gasteiger partial charge in [0.15, 0.2) is 0 Å². The molecule has 0 bridgehead atoms. The van der Waals surface area contributed by atoms with Crippen LogP contribution < -0.4 is 4.90 Å². The molecule has 1 unspecified atom stereocenters. The lowest BCUT2D eigenvalue weighted by Gasteiger charge is -2.40. The van der Waals surface area contributed by atoms with E-state index in [2.05, 4.69) is 4.99 Å². The number of piperidine rings is 2. The van der Waals surface area contributed by atoms with E-state index in [0.717, 1.165) is 18.2 Å². The Kier molecular flexibility index (Phi) is 4.83. The third-order valence-electron chi connectivity index (χ3n) is 5.11. The maximum Gasteiger partial charge on any atom is 0.269 e. The molecule has 0 aliphatic carbocycles. The monoisotopic (exact) mass is 302 g/mol. The van der Waals surface area contributed by atoms with Gasteiger partial charge in [-0.3, -0.25) is 15.1 Å². The van der Waals surface area contributed by atoms with Crippen LogP contribution in [0.25, 0.3) is 0 Å². The first kappa shape index (κ1) is 15.2. The number of nitrogens with one attached hydrogen (secondary N) is 1. The first-order valence-corrected chi connectivity index (χ1v) is 8.33. The lowest BCUT2D eigenvalue weighted by Crippen LogP contribution is -3.18. The molecule has 1 aromatic rings. The first-order valence-electron chi connectivity index (χ1n) is 8.33. The summed E-state index contributed by atoms with van der Waals surface area (Å²) >= 11 is 0. The van der Waals surface area contributed by atoms with Crippen LogP contribution in [0.3, 0.4) is 0 Å². The molecule has 0 spiro atoms. The predicted molar refractivity (Wildman–Crippen MR) is 86.6 cm³/mol. The number of nitro benzene ring substituents is 1. The third-order valence-corrected chi connectivity index (χ3v) is 5.11. The van der Waals surface area contributed by atoms with Crippen molar-refractivity contribution in [2.45, 2.75) is 38.1 Å². The van der Waals surface area contributed by atoms with Crippen molar-refractivity contribution in [1.82, 2.24) is 0 Å². The molecule has 0 saturated carbocycles. The number of rotatable bonds is 4. The van der Waals surface area contributed by atoms with Crippen molar-refractivity contribution < 1.29 is 9.82 Å². The molecule has 3 rings (SSSR count). The molecule has 5 heteroatoms. The van der Waals surface area contributed by atoms with Crippen LogP contribution in [0, 0.1) is 16.0 Å². The van der Waals surface area contributed by atoms with Gasteiger partial charge in [0.05, 0.1) is 24.1 Å². The summed E-state index contributed by atoms with van der Waals surface area (Å²) < 4.78 is 0. The number of hydrogen-bond acceptors (Lipinski definition) is 3. The van der Waals surface area contributed by atoms with Crippen molar-refractivity contribution >= 4 is 11.9 Å². The highest BCUT2D eigenvalue weighted by atomic mass is 16.6. The Bertz CT molecular complexity index is 539. The Morgan fingerprint density at radius 1 is 1.18 bits per heavy atom. The lowest BCUT2D eigenvalue weighted by atomic mass is 9.83. The molecule has 0 aromatic heterocycles. The second-order valence-electron chi connectivity index (χ2n) is 6.51. The van der Waals surface area contributed by atoms with Gasteiger partial charge in [-0.1, -0.05) is 0 Å². The number of nitrogens with zero attached hydrogens (tertiary/aromatic N) is 2. The van der Waals surface area contributed by atoms with Crippen LogP contribution in [0.15, 0.2) is 29.3 Å². The second-order valence-corrected chi connectivity index (χ2v) is 6.51. The van der Waals surface area contributed by atoms with Crippen molar-refractivity contribution in [2.24, 2.45) is 10.9 Å². The number of non-ortho nitro benzene ring substituents is 1. The average molecular weight is 302 g/mol. The molecule has 5 nitrogen and oxygen atoms in total. The molecule has 2 fully saturated rings. The standard InChI is InChI=1S/C17H23N3O2/c21-20(22)16-8-6-14(7-9-16)12-18-13-15-4-3-11-19-10-2-1-5-17(15)19/h6-9,12,15,17H,1-5,10-11,13H2/p+1/t15-,17-/m1/s1. The molecule has 1 aromatic carbocycles. The summed E-state index contributed by atoms with van der Waals surface area (Å²) in [5.74, 6) is 0.707. The zero-order valence-electron chi connectivity index (χ0n) is 12.9. The van der Waals surface area contributed by atoms with Crippen LogP contribution >= 0.6 is 0 Å². The number of quaternary nitrogens is 1. The molecule has 0 amide bonds. The van der Waals surface area contributed by atoms with E-state index in [1.807, 2.05) is 6.21 Å². The summed E-state index contributed by atoms with van der Waals surface area (Å²) in [4.78, 5) is 16.7. The van der Waals surface area contributed by atoms with Gasteiger partial charge in [0.25, 0.3) is 5.69 Å². The van der Waals surface area contributed by atoms with Gasteiger partial charge in [0.2, 0.25) is 0 Å². The number of aliphatic imine (C=N–C) groups is 1. The summed E-state index contributed by atoms with van der Waals surface area (Å²) in [5, 5.41) is 10.6. The highest BCUT2D eigenvalue weighted by molar-refractivity contribution is 5.79. The maximum atomic E-state index is 10.6. The van der Waals surface area contributed by atoms with E-state index in [-0.39, 0.29) is 10.6 Å². The van der Waals surface area contributed by atoms with E-state index >= 15 is 0 Å². The maximum absolute atomic E-state index is 10.6. The van der Waals surface area contributed by atoms with E-state index in [0.29, 0.717) is 5.92 Å². The molecule has 3 atom stereocenters. The summed E-state index contributed by atoms with van der Waals surface area (Å²) in [6, 6.07) is 7.40. The van der Waals surface area contributed by atoms with Gasteiger partial charge in [-0.2, -0.15) is 0 Å². The van der Waals surface area contributed by atoms with Gasteiger partial charge in [0, 0.05) is 30.8 Å². The summed E-state index contributed by atoms with van der Waals surface area (Å²) in [6.45, 7) is 3.58. The summed E-state index contributed by atoms with van der Waals surface area (Å²) in [7, 11) is 0. The Morgan fingerprint density at radius 2 is 1.95 bits per heavy atom. The minimum atomic E-state index is -0.372. The molecule has 1 N–H and O–H groups in total. The lowest BCUT2D eigenvalue weighted by molar-refractivity contribution is -0.939. The van der Waals surface area contributed by atoms with Crippen LogP contribution in [0.2, 0.25) is 0 Å². The quantitative estimate of drug-likeness (QED) is 0.524. The largest absolute Gasteiger partial charge is 0.332 e. The van der Waals surface area contributed by atoms with E-state index in [9.17, 15) is 10.1 Å². The van der Waals surface area contributed by atoms with E-state index in [1.54, 1.807) is 17.0 Å². The molecule has 2 aliphatic heterocycles. The molecule has 22 heavy (non-hydrogen) atoms. The average Bonchev–Trinajstić information content (AvgIpc) is 2.55. The van der Waals surface area contributed by atoms with Gasteiger partial charge in [-0.15, -0.1) is 0 Å². The molecule has 118 valence electrons. The molecule has 2 heterocycles. The van der Waals surface area contributed by atoms with Crippen LogP contribution in [-0.4, -0.2) is 36.8 Å². The van der Waals surface area contributed by atoms with Gasteiger partial charge < -0.3 is 4.90 Å². The van der Waals surface area contributed by atoms with E-state index < -0.39 is 0 Å². The Labute approximate surface area is 131 Å². The fraction of sp³-hybridized carbons (Fsp3) is 0.588. The van der Waals surface area contributed by atoms with Crippen molar-refractivity contribution in [3.8, 4) is 0 Å². The topological polar surface area (TPSA) is 59.9 Å². The highest BCUT2D eigenvalue weighted by Crippen LogP contribution is 2.20. The minimum absolute atomic E-state index is 0.130. The zero-order valence-corrected chi connectivity index (χ0v) is 12.9. The molecular formula is C17H24N3O2+.